The molecule has 0 spiro atoms. The van der Waals surface area contributed by atoms with E-state index in [1.54, 1.807) is 31.4 Å². The molecule has 1 aliphatic heterocycles. The molecule has 1 saturated heterocycles. The number of H-pyrrole nitrogens is 1. The molecular weight excluding hydrogens is 468 g/mol. The Hall–Kier alpha value is -3.94. The average Bonchev–Trinajstić information content (AvgIpc) is 2.93. The van der Waals surface area contributed by atoms with Crippen molar-refractivity contribution in [2.24, 2.45) is 5.92 Å². The maximum absolute atomic E-state index is 12.8. The minimum Gasteiger partial charge on any atom is -0.493 e. The Morgan fingerprint density at radius 1 is 1.14 bits per heavy atom. The summed E-state index contributed by atoms with van der Waals surface area (Å²) >= 11 is 0. The number of rotatable bonds is 11. The number of carbonyl (C=O) groups excluding carboxylic acids is 1. The van der Waals surface area contributed by atoms with E-state index in [0.717, 1.165) is 38.8 Å². The molecule has 3 aromatic rings. The molecule has 1 N–H and O–H groups in total. The lowest BCUT2D eigenvalue weighted by Crippen LogP contribution is -2.39. The van der Waals surface area contributed by atoms with E-state index in [0.29, 0.717) is 35.4 Å². The second-order valence-electron chi connectivity index (χ2n) is 9.25. The van der Waals surface area contributed by atoms with Crippen LogP contribution in [0.15, 0.2) is 66.0 Å². The number of hydrogen-bond donors (Lipinski definition) is 1. The smallest absolute Gasteiger partial charge is 0.273 e. The number of likely N-dealkylation sites (tertiary alicyclic amines) is 1. The molecule has 1 aromatic heterocycles. The Morgan fingerprint density at radius 2 is 1.92 bits per heavy atom. The van der Waals surface area contributed by atoms with E-state index in [2.05, 4.69) is 46.0 Å². The summed E-state index contributed by atoms with van der Waals surface area (Å²) in [5, 5.41) is 8.31. The molecule has 0 radical (unpaired) electrons. The molecule has 0 aliphatic carbocycles. The number of nitrogens with one attached hydrogen (secondary N) is 1. The van der Waals surface area contributed by atoms with Crippen LogP contribution in [0, 0.1) is 5.92 Å². The number of aromatic nitrogens is 3. The number of amides is 1. The maximum Gasteiger partial charge on any atom is 0.273 e. The number of aryl methyl sites for hydroxylation is 1. The van der Waals surface area contributed by atoms with E-state index in [1.165, 1.54) is 5.56 Å². The van der Waals surface area contributed by atoms with Crippen molar-refractivity contribution >= 4 is 5.91 Å². The van der Waals surface area contributed by atoms with Gasteiger partial charge in [-0.3, -0.25) is 9.59 Å². The number of benzene rings is 2. The fraction of sp³-hybridized carbons (Fsp3) is 0.379. The number of carbonyl (C=O) groups is 1. The van der Waals surface area contributed by atoms with Gasteiger partial charge in [-0.2, -0.15) is 0 Å². The first-order valence-electron chi connectivity index (χ1n) is 12.8. The highest BCUT2D eigenvalue weighted by molar-refractivity contribution is 5.76. The zero-order valence-corrected chi connectivity index (χ0v) is 21.3. The van der Waals surface area contributed by atoms with E-state index in [9.17, 15) is 9.59 Å². The molecule has 1 aliphatic rings. The standard InChI is InChI=1S/C29H34N4O4/c1-3-4-18-37-25-12-10-23(20-26(25)36-2)28-30-29(35)24(31-32-28)11-13-27(34)33-16-14-22(15-17-33)19-21-8-6-5-7-9-21/h3,5-10,12,20,22H,1,4,11,13-19H2,2H3,(H,30,32,35). The van der Waals surface area contributed by atoms with E-state index < -0.39 is 0 Å². The quantitative estimate of drug-likeness (QED) is 0.312. The molecule has 8 heteroatoms. The fourth-order valence-corrected chi connectivity index (χ4v) is 4.56. The van der Waals surface area contributed by atoms with Crippen molar-refractivity contribution in [1.29, 1.82) is 0 Å². The van der Waals surface area contributed by atoms with Gasteiger partial charge in [0.1, 0.15) is 5.69 Å². The molecule has 194 valence electrons. The highest BCUT2D eigenvalue weighted by atomic mass is 16.5. The molecule has 2 aromatic carbocycles. The summed E-state index contributed by atoms with van der Waals surface area (Å²) in [6.07, 6.45) is 6.05. The van der Waals surface area contributed by atoms with Crippen molar-refractivity contribution in [3.63, 3.8) is 0 Å². The molecule has 1 amide bonds. The minimum absolute atomic E-state index is 0.0558. The first-order chi connectivity index (χ1) is 18.1. The summed E-state index contributed by atoms with van der Waals surface area (Å²) in [6.45, 7) is 5.69. The van der Waals surface area contributed by atoms with Gasteiger partial charge in [-0.05, 0) is 55.4 Å². The third-order valence-electron chi connectivity index (χ3n) is 6.69. The highest BCUT2D eigenvalue weighted by Gasteiger charge is 2.23. The Labute approximate surface area is 217 Å². The first kappa shape index (κ1) is 26.1. The molecule has 0 saturated carbocycles. The van der Waals surface area contributed by atoms with E-state index in [1.807, 2.05) is 11.0 Å². The Bertz CT molecular complexity index is 1250. The van der Waals surface area contributed by atoms with E-state index in [4.69, 9.17) is 9.47 Å². The van der Waals surface area contributed by atoms with Crippen molar-refractivity contribution in [2.75, 3.05) is 26.8 Å². The van der Waals surface area contributed by atoms with Gasteiger partial charge >= 0.3 is 0 Å². The van der Waals surface area contributed by atoms with Gasteiger partial charge in [0.25, 0.3) is 5.56 Å². The SMILES string of the molecule is C=CCCOc1ccc(-c2nnc(CCC(=O)N3CCC(Cc4ccccc4)CC3)c(=O)[nH]2)cc1OC. The van der Waals surface area contributed by atoms with Crippen LogP contribution in [0.4, 0.5) is 0 Å². The molecular formula is C29H34N4O4. The molecule has 0 unspecified atom stereocenters. The molecule has 4 rings (SSSR count). The van der Waals surface area contributed by atoms with Gasteiger partial charge in [0.2, 0.25) is 5.91 Å². The van der Waals surface area contributed by atoms with Gasteiger partial charge in [0.05, 0.1) is 13.7 Å². The Morgan fingerprint density at radius 3 is 2.62 bits per heavy atom. The maximum atomic E-state index is 12.8. The van der Waals surface area contributed by atoms with Crippen LogP contribution in [-0.4, -0.2) is 52.8 Å². The van der Waals surface area contributed by atoms with Crippen LogP contribution in [-0.2, 0) is 17.6 Å². The lowest BCUT2D eigenvalue weighted by Gasteiger charge is -2.32. The van der Waals surface area contributed by atoms with Crippen molar-refractivity contribution in [2.45, 2.75) is 38.5 Å². The van der Waals surface area contributed by atoms with Gasteiger partial charge in [0.15, 0.2) is 17.3 Å². The first-order valence-corrected chi connectivity index (χ1v) is 12.8. The highest BCUT2D eigenvalue weighted by Crippen LogP contribution is 2.31. The minimum atomic E-state index is -0.343. The molecule has 0 bridgehead atoms. The van der Waals surface area contributed by atoms with Crippen molar-refractivity contribution < 1.29 is 14.3 Å². The zero-order valence-electron chi connectivity index (χ0n) is 21.3. The van der Waals surface area contributed by atoms with Crippen LogP contribution in [0.3, 0.4) is 0 Å². The van der Waals surface area contributed by atoms with Crippen LogP contribution in [0.1, 0.15) is 36.9 Å². The summed E-state index contributed by atoms with van der Waals surface area (Å²) in [5.41, 5.74) is 1.91. The fourth-order valence-electron chi connectivity index (χ4n) is 4.56. The van der Waals surface area contributed by atoms with Gasteiger partial charge in [-0.25, -0.2) is 0 Å². The van der Waals surface area contributed by atoms with Gasteiger partial charge in [-0.1, -0.05) is 36.4 Å². The van der Waals surface area contributed by atoms with E-state index in [-0.39, 0.29) is 30.0 Å². The summed E-state index contributed by atoms with van der Waals surface area (Å²) in [6, 6.07) is 15.8. The van der Waals surface area contributed by atoms with Crippen LogP contribution >= 0.6 is 0 Å². The largest absolute Gasteiger partial charge is 0.493 e. The summed E-state index contributed by atoms with van der Waals surface area (Å²) in [5.74, 6) is 2.12. The number of piperidine rings is 1. The van der Waals surface area contributed by atoms with Crippen LogP contribution in [0.5, 0.6) is 11.5 Å². The van der Waals surface area contributed by atoms with Crippen LogP contribution in [0.25, 0.3) is 11.4 Å². The predicted octanol–water partition coefficient (Wildman–Crippen LogP) is 4.21. The number of hydrogen-bond acceptors (Lipinski definition) is 6. The number of nitrogens with zero attached hydrogens (tertiary/aromatic N) is 3. The number of aromatic amines is 1. The molecule has 0 atom stereocenters. The monoisotopic (exact) mass is 502 g/mol. The average molecular weight is 503 g/mol. The van der Waals surface area contributed by atoms with Gasteiger partial charge < -0.3 is 19.4 Å². The second kappa shape index (κ2) is 12.9. The van der Waals surface area contributed by atoms with E-state index >= 15 is 0 Å². The van der Waals surface area contributed by atoms with Crippen molar-refractivity contribution in [3.8, 4) is 22.9 Å². The third-order valence-corrected chi connectivity index (χ3v) is 6.69. The predicted molar refractivity (Wildman–Crippen MR) is 143 cm³/mol. The van der Waals surface area contributed by atoms with Gasteiger partial charge in [0, 0.05) is 31.5 Å². The molecule has 1 fully saturated rings. The zero-order chi connectivity index (χ0) is 26.0. The lowest BCUT2D eigenvalue weighted by atomic mass is 9.90. The summed E-state index contributed by atoms with van der Waals surface area (Å²) in [4.78, 5) is 30.1. The summed E-state index contributed by atoms with van der Waals surface area (Å²) < 4.78 is 11.1. The number of methoxy groups -OCH3 is 1. The second-order valence-corrected chi connectivity index (χ2v) is 9.25. The normalized spacial score (nSPS) is 13.8. The van der Waals surface area contributed by atoms with Crippen LogP contribution in [0.2, 0.25) is 0 Å². The van der Waals surface area contributed by atoms with Crippen LogP contribution < -0.4 is 15.0 Å². The molecule has 8 nitrogen and oxygen atoms in total. The van der Waals surface area contributed by atoms with Gasteiger partial charge in [-0.15, -0.1) is 16.8 Å². The van der Waals surface area contributed by atoms with Crippen molar-refractivity contribution in [1.82, 2.24) is 20.1 Å². The third kappa shape index (κ3) is 7.06. The lowest BCUT2D eigenvalue weighted by molar-refractivity contribution is -0.132. The number of ether oxygens (including phenoxy) is 2. The molecule has 2 heterocycles. The Kier molecular flexibility index (Phi) is 9.08. The van der Waals surface area contributed by atoms with Crippen molar-refractivity contribution in [3.05, 3.63) is 82.8 Å². The molecule has 37 heavy (non-hydrogen) atoms. The topological polar surface area (TPSA) is 97.4 Å². The summed E-state index contributed by atoms with van der Waals surface area (Å²) in [7, 11) is 1.56. The Balaban J connectivity index is 1.30.